The first kappa shape index (κ1) is 24.0. The Morgan fingerprint density at radius 1 is 0.758 bits per heavy atom. The summed E-state index contributed by atoms with van der Waals surface area (Å²) in [6, 6.07) is 16.5. The summed E-state index contributed by atoms with van der Waals surface area (Å²) in [6.07, 6.45) is 0. The summed E-state index contributed by atoms with van der Waals surface area (Å²) in [7, 11) is -3.81. The molecule has 0 aliphatic carbocycles. The third-order valence-corrected chi connectivity index (χ3v) is 6.95. The van der Waals surface area contributed by atoms with Gasteiger partial charge in [-0.2, -0.15) is 0 Å². The van der Waals surface area contributed by atoms with Crippen molar-refractivity contribution in [3.05, 3.63) is 88.5 Å². The maximum Gasteiger partial charge on any atom is 0.261 e. The Kier molecular flexibility index (Phi) is 7.18. The third kappa shape index (κ3) is 5.78. The Morgan fingerprint density at radius 3 is 1.91 bits per heavy atom. The summed E-state index contributed by atoms with van der Waals surface area (Å²) in [6.45, 7) is 7.41. The molecule has 3 rings (SSSR count). The Labute approximate surface area is 194 Å². The van der Waals surface area contributed by atoms with Gasteiger partial charge in [-0.3, -0.25) is 14.3 Å². The van der Waals surface area contributed by atoms with Crippen molar-refractivity contribution < 1.29 is 18.0 Å². The second-order valence-electron chi connectivity index (χ2n) is 7.86. The van der Waals surface area contributed by atoms with Gasteiger partial charge in [-0.25, -0.2) is 8.42 Å². The maximum absolute atomic E-state index is 12.7. The molecule has 3 aromatic rings. The van der Waals surface area contributed by atoms with E-state index < -0.39 is 15.9 Å². The average molecular weight is 466 g/mol. The molecule has 8 heteroatoms. The van der Waals surface area contributed by atoms with Crippen LogP contribution in [0.3, 0.4) is 0 Å². The van der Waals surface area contributed by atoms with Gasteiger partial charge in [0, 0.05) is 11.3 Å². The number of hydrogen-bond donors (Lipinski definition) is 3. The van der Waals surface area contributed by atoms with Crippen LogP contribution >= 0.6 is 0 Å². The van der Waals surface area contributed by atoms with E-state index in [2.05, 4.69) is 15.4 Å². The van der Waals surface area contributed by atoms with Crippen LogP contribution in [0.15, 0.2) is 65.6 Å². The molecule has 0 radical (unpaired) electrons. The highest BCUT2D eigenvalue weighted by atomic mass is 32.2. The monoisotopic (exact) mass is 465 g/mol. The molecule has 33 heavy (non-hydrogen) atoms. The predicted octanol–water partition coefficient (Wildman–Crippen LogP) is 4.09. The largest absolute Gasteiger partial charge is 0.343 e. The summed E-state index contributed by atoms with van der Waals surface area (Å²) < 4.78 is 28.0. The van der Waals surface area contributed by atoms with E-state index in [1.807, 2.05) is 45.9 Å². The predicted molar refractivity (Wildman–Crippen MR) is 130 cm³/mol. The summed E-state index contributed by atoms with van der Waals surface area (Å²) in [4.78, 5) is 24.6. The molecule has 0 bridgehead atoms. The van der Waals surface area contributed by atoms with Crippen molar-refractivity contribution in [3.63, 3.8) is 0 Å². The first-order chi connectivity index (χ1) is 15.6. The second-order valence-corrected chi connectivity index (χ2v) is 9.54. The van der Waals surface area contributed by atoms with Gasteiger partial charge in [0.2, 0.25) is 5.91 Å². The number of carbonyl (C=O) groups is 2. The number of carbonyl (C=O) groups excluding carboxylic acids is 2. The number of hydrogen-bond acceptors (Lipinski definition) is 4. The molecule has 0 fully saturated rings. The molecule has 0 aliphatic heterocycles. The number of benzene rings is 3. The highest BCUT2D eigenvalue weighted by molar-refractivity contribution is 7.92. The zero-order valence-electron chi connectivity index (χ0n) is 19.0. The van der Waals surface area contributed by atoms with Gasteiger partial charge in [0.05, 0.1) is 17.1 Å². The van der Waals surface area contributed by atoms with Gasteiger partial charge in [0.25, 0.3) is 15.9 Å². The van der Waals surface area contributed by atoms with Gasteiger partial charge in [-0.15, -0.1) is 0 Å². The fourth-order valence-corrected chi connectivity index (χ4v) is 4.32. The van der Waals surface area contributed by atoms with Crippen LogP contribution in [0.25, 0.3) is 0 Å². The molecule has 0 saturated heterocycles. The van der Waals surface area contributed by atoms with E-state index in [4.69, 9.17) is 0 Å². The van der Waals surface area contributed by atoms with E-state index in [0.29, 0.717) is 11.4 Å². The third-order valence-electron chi connectivity index (χ3n) is 5.56. The number of sulfonamides is 1. The summed E-state index contributed by atoms with van der Waals surface area (Å²) >= 11 is 0. The minimum Gasteiger partial charge on any atom is -0.343 e. The van der Waals surface area contributed by atoms with Gasteiger partial charge >= 0.3 is 0 Å². The van der Waals surface area contributed by atoms with E-state index in [-0.39, 0.29) is 22.9 Å². The molecular formula is C25H27N3O4S. The molecule has 172 valence electrons. The molecule has 0 spiro atoms. The molecule has 3 aromatic carbocycles. The van der Waals surface area contributed by atoms with Gasteiger partial charge in [0.1, 0.15) is 0 Å². The maximum atomic E-state index is 12.7. The highest BCUT2D eigenvalue weighted by Gasteiger charge is 2.17. The SMILES string of the molecule is Cc1cccc(NC(=O)CNC(=O)c2ccc(S(=O)(=O)Nc3cccc(C)c3C)cc2)c1C. The number of anilines is 2. The van der Waals surface area contributed by atoms with Crippen LogP contribution in [0.1, 0.15) is 32.6 Å². The fourth-order valence-electron chi connectivity index (χ4n) is 3.19. The normalized spacial score (nSPS) is 11.0. The summed E-state index contributed by atoms with van der Waals surface area (Å²) in [5.41, 5.74) is 5.29. The van der Waals surface area contributed by atoms with Crippen molar-refractivity contribution in [2.24, 2.45) is 0 Å². The van der Waals surface area contributed by atoms with E-state index in [1.54, 1.807) is 18.2 Å². The molecule has 3 N–H and O–H groups in total. The molecule has 7 nitrogen and oxygen atoms in total. The van der Waals surface area contributed by atoms with Crippen molar-refractivity contribution in [1.82, 2.24) is 5.32 Å². The van der Waals surface area contributed by atoms with Crippen LogP contribution < -0.4 is 15.4 Å². The lowest BCUT2D eigenvalue weighted by Gasteiger charge is -2.13. The first-order valence-electron chi connectivity index (χ1n) is 10.4. The van der Waals surface area contributed by atoms with Crippen molar-refractivity contribution in [2.45, 2.75) is 32.6 Å². The van der Waals surface area contributed by atoms with Gasteiger partial charge in [0.15, 0.2) is 0 Å². The summed E-state index contributed by atoms with van der Waals surface area (Å²) in [5.74, 6) is -0.827. The minimum absolute atomic E-state index is 0.0348. The van der Waals surface area contributed by atoms with E-state index in [9.17, 15) is 18.0 Å². The van der Waals surface area contributed by atoms with Gasteiger partial charge in [-0.1, -0.05) is 24.3 Å². The molecule has 0 atom stereocenters. The van der Waals surface area contributed by atoms with E-state index >= 15 is 0 Å². The first-order valence-corrected chi connectivity index (χ1v) is 11.9. The number of rotatable bonds is 7. The van der Waals surface area contributed by atoms with Crippen molar-refractivity contribution in [1.29, 1.82) is 0 Å². The average Bonchev–Trinajstić information content (AvgIpc) is 2.78. The van der Waals surface area contributed by atoms with Crippen LogP contribution in [-0.4, -0.2) is 26.8 Å². The number of aryl methyl sites for hydroxylation is 2. The fraction of sp³-hybridized carbons (Fsp3) is 0.200. The topological polar surface area (TPSA) is 104 Å². The minimum atomic E-state index is -3.81. The van der Waals surface area contributed by atoms with Crippen LogP contribution in [0, 0.1) is 27.7 Å². The van der Waals surface area contributed by atoms with Gasteiger partial charge < -0.3 is 10.6 Å². The molecule has 0 aromatic heterocycles. The lowest BCUT2D eigenvalue weighted by molar-refractivity contribution is -0.115. The Bertz CT molecular complexity index is 1300. The van der Waals surface area contributed by atoms with E-state index in [0.717, 1.165) is 22.3 Å². The standard InChI is InChI=1S/C25H27N3O4S/c1-16-7-5-9-22(18(16)3)27-24(29)15-26-25(30)20-11-13-21(14-12-20)33(31,32)28-23-10-6-8-17(2)19(23)4/h5-14,28H,15H2,1-4H3,(H,26,30)(H,27,29). The van der Waals surface area contributed by atoms with Crippen LogP contribution in [0.2, 0.25) is 0 Å². The lowest BCUT2D eigenvalue weighted by Crippen LogP contribution is -2.33. The molecule has 0 saturated carbocycles. The summed E-state index contributed by atoms with van der Waals surface area (Å²) in [5, 5.41) is 5.33. The number of nitrogens with one attached hydrogen (secondary N) is 3. The van der Waals surface area contributed by atoms with E-state index in [1.165, 1.54) is 24.3 Å². The molecule has 0 unspecified atom stereocenters. The van der Waals surface area contributed by atoms with Crippen molar-refractivity contribution in [3.8, 4) is 0 Å². The Balaban J connectivity index is 1.62. The lowest BCUT2D eigenvalue weighted by atomic mass is 10.1. The van der Waals surface area contributed by atoms with Crippen LogP contribution in [-0.2, 0) is 14.8 Å². The number of amides is 2. The van der Waals surface area contributed by atoms with Gasteiger partial charge in [-0.05, 0) is 86.3 Å². The van der Waals surface area contributed by atoms with Crippen molar-refractivity contribution >= 4 is 33.2 Å². The molecule has 0 heterocycles. The second kappa shape index (κ2) is 9.87. The Hall–Kier alpha value is -3.65. The van der Waals surface area contributed by atoms with Crippen LogP contribution in [0.4, 0.5) is 11.4 Å². The van der Waals surface area contributed by atoms with Crippen LogP contribution in [0.5, 0.6) is 0 Å². The molecule has 0 aliphatic rings. The smallest absolute Gasteiger partial charge is 0.261 e. The zero-order valence-corrected chi connectivity index (χ0v) is 19.8. The molecule has 2 amide bonds. The quantitative estimate of drug-likeness (QED) is 0.489. The van der Waals surface area contributed by atoms with Crippen molar-refractivity contribution in [2.75, 3.05) is 16.6 Å². The highest BCUT2D eigenvalue weighted by Crippen LogP contribution is 2.22. The zero-order chi connectivity index (χ0) is 24.2. The Morgan fingerprint density at radius 2 is 1.30 bits per heavy atom. The molecular weight excluding hydrogens is 438 g/mol.